The first-order chi connectivity index (χ1) is 16.0. The van der Waals surface area contributed by atoms with E-state index in [4.69, 9.17) is 9.47 Å². The largest absolute Gasteiger partial charge is 0.488 e. The quantitative estimate of drug-likeness (QED) is 0.260. The molecule has 0 spiro atoms. The molecule has 33 heavy (non-hydrogen) atoms. The molecule has 0 aliphatic carbocycles. The number of carbonyl (C=O) groups excluding carboxylic acids is 1. The van der Waals surface area contributed by atoms with Gasteiger partial charge in [-0.25, -0.2) is 4.79 Å². The lowest BCUT2D eigenvalue weighted by molar-refractivity contribution is 0.0728. The third-order valence-corrected chi connectivity index (χ3v) is 7.31. The van der Waals surface area contributed by atoms with Crippen molar-refractivity contribution in [2.45, 2.75) is 39.8 Å². The highest BCUT2D eigenvalue weighted by Gasteiger charge is 2.24. The molecule has 1 saturated heterocycles. The highest BCUT2D eigenvalue weighted by molar-refractivity contribution is 9.10. The number of esters is 1. The smallest absolute Gasteiger partial charge is 0.347 e. The molecule has 172 valence electrons. The molecule has 0 atom stereocenters. The third-order valence-electron chi connectivity index (χ3n) is 6.20. The van der Waals surface area contributed by atoms with E-state index in [0.717, 1.165) is 46.7 Å². The first-order valence-electron chi connectivity index (χ1n) is 11.5. The Balaban J connectivity index is 1.64. The number of halogens is 1. The maximum atomic E-state index is 13.2. The Kier molecular flexibility index (Phi) is 7.84. The van der Waals surface area contributed by atoms with Crippen molar-refractivity contribution in [3.8, 4) is 11.5 Å². The maximum Gasteiger partial charge on any atom is 0.347 e. The zero-order valence-electron chi connectivity index (χ0n) is 19.2. The van der Waals surface area contributed by atoms with Gasteiger partial charge in [-0.3, -0.25) is 4.90 Å². The Morgan fingerprint density at radius 1 is 1.03 bits per heavy atom. The molecule has 0 aromatic heterocycles. The van der Waals surface area contributed by atoms with Gasteiger partial charge in [-0.1, -0.05) is 71.4 Å². The molecule has 0 N–H and O–H groups in total. The summed E-state index contributed by atoms with van der Waals surface area (Å²) in [6.45, 7) is 7.65. The molecule has 0 amide bonds. The molecule has 0 saturated carbocycles. The van der Waals surface area contributed by atoms with Crippen LogP contribution in [0.5, 0.6) is 11.5 Å². The van der Waals surface area contributed by atoms with Crippen LogP contribution in [-0.4, -0.2) is 24.0 Å². The molecule has 3 aromatic carbocycles. The van der Waals surface area contributed by atoms with Gasteiger partial charge in [0.2, 0.25) is 0 Å². The highest BCUT2D eigenvalue weighted by Crippen LogP contribution is 2.35. The zero-order valence-corrected chi connectivity index (χ0v) is 20.8. The summed E-state index contributed by atoms with van der Waals surface area (Å²) in [7, 11) is 0. The molecule has 5 heteroatoms. The van der Waals surface area contributed by atoms with E-state index >= 15 is 0 Å². The van der Waals surface area contributed by atoms with Crippen molar-refractivity contribution in [1.29, 1.82) is 0 Å². The van der Waals surface area contributed by atoms with Crippen molar-refractivity contribution in [1.82, 2.24) is 4.90 Å². The zero-order chi connectivity index (χ0) is 23.2. The fourth-order valence-corrected chi connectivity index (χ4v) is 4.59. The van der Waals surface area contributed by atoms with Crippen molar-refractivity contribution in [2.24, 2.45) is 5.92 Å². The van der Waals surface area contributed by atoms with Crippen LogP contribution in [0.4, 0.5) is 0 Å². The van der Waals surface area contributed by atoms with E-state index in [1.165, 1.54) is 12.8 Å². The summed E-state index contributed by atoms with van der Waals surface area (Å²) in [4.78, 5) is 15.7. The average molecular weight is 508 g/mol. The number of piperidine rings is 1. The first-order valence-corrected chi connectivity index (χ1v) is 12.3. The third kappa shape index (κ3) is 6.04. The second kappa shape index (κ2) is 11.0. The lowest BCUT2D eigenvalue weighted by Gasteiger charge is -2.31. The number of hydrogen-bond donors (Lipinski definition) is 0. The van der Waals surface area contributed by atoms with Crippen LogP contribution in [0.3, 0.4) is 0 Å². The molecule has 0 radical (unpaired) electrons. The molecular formula is C28H30BrNO3. The summed E-state index contributed by atoms with van der Waals surface area (Å²) in [5.41, 5.74) is 3.47. The number of benzene rings is 3. The molecule has 4 rings (SSSR count). The van der Waals surface area contributed by atoms with Gasteiger partial charge in [0.15, 0.2) is 0 Å². The minimum atomic E-state index is -0.416. The molecule has 1 aliphatic heterocycles. The van der Waals surface area contributed by atoms with Crippen LogP contribution < -0.4 is 9.47 Å². The van der Waals surface area contributed by atoms with Gasteiger partial charge in [0.25, 0.3) is 0 Å². The summed E-state index contributed by atoms with van der Waals surface area (Å²) < 4.78 is 12.8. The van der Waals surface area contributed by atoms with Gasteiger partial charge in [0.1, 0.15) is 23.7 Å². The minimum Gasteiger partial charge on any atom is -0.488 e. The summed E-state index contributed by atoms with van der Waals surface area (Å²) in [6, 6.07) is 21.1. The van der Waals surface area contributed by atoms with Crippen LogP contribution in [0.25, 0.3) is 0 Å². The van der Waals surface area contributed by atoms with E-state index in [0.29, 0.717) is 23.7 Å². The summed E-state index contributed by atoms with van der Waals surface area (Å²) in [6.07, 6.45) is 2.44. The van der Waals surface area contributed by atoms with Crippen LogP contribution in [0.1, 0.15) is 46.8 Å². The van der Waals surface area contributed by atoms with E-state index in [-0.39, 0.29) is 0 Å². The van der Waals surface area contributed by atoms with Gasteiger partial charge < -0.3 is 9.47 Å². The molecule has 0 bridgehead atoms. The van der Waals surface area contributed by atoms with E-state index in [1.807, 2.05) is 61.5 Å². The van der Waals surface area contributed by atoms with Crippen LogP contribution >= 0.6 is 15.9 Å². The Labute approximate surface area is 204 Å². The van der Waals surface area contributed by atoms with E-state index in [2.05, 4.69) is 27.8 Å². The fourth-order valence-electron chi connectivity index (χ4n) is 4.15. The van der Waals surface area contributed by atoms with Crippen molar-refractivity contribution >= 4 is 21.9 Å². The molecular weight excluding hydrogens is 478 g/mol. The highest BCUT2D eigenvalue weighted by atomic mass is 79.9. The number of rotatable bonds is 7. The number of likely N-dealkylation sites (tertiary alicyclic amines) is 1. The predicted molar refractivity (Wildman–Crippen MR) is 135 cm³/mol. The molecule has 4 nitrogen and oxygen atoms in total. The van der Waals surface area contributed by atoms with E-state index in [1.54, 1.807) is 12.1 Å². The van der Waals surface area contributed by atoms with Crippen molar-refractivity contribution in [2.75, 3.05) is 13.1 Å². The van der Waals surface area contributed by atoms with Gasteiger partial charge in [0, 0.05) is 11.0 Å². The lowest BCUT2D eigenvalue weighted by Crippen LogP contribution is -2.32. The first kappa shape index (κ1) is 23.5. The van der Waals surface area contributed by atoms with E-state index < -0.39 is 5.97 Å². The Hall–Kier alpha value is -2.63. The number of carbonyl (C=O) groups is 1. The number of ether oxygens (including phenoxy) is 2. The molecule has 1 fully saturated rings. The molecule has 1 heterocycles. The molecule has 1 aliphatic rings. The fraction of sp³-hybridized carbons (Fsp3) is 0.321. The SMILES string of the molecule is Cc1c(Br)c(CN2CCC(C)CC2)cc(OCc2ccccc2)c1C(=O)Oc1ccccc1. The number of hydrogen-bond acceptors (Lipinski definition) is 4. The standard InChI is InChI=1S/C28H30BrNO3/c1-20-13-15-30(16-14-20)18-23-17-25(32-19-22-9-5-3-6-10-22)26(21(2)27(23)29)28(31)33-24-11-7-4-8-12-24/h3-12,17,20H,13-16,18-19H2,1-2H3. The van der Waals surface area contributed by atoms with Crippen LogP contribution in [-0.2, 0) is 13.2 Å². The Bertz CT molecular complexity index is 1080. The minimum absolute atomic E-state index is 0.383. The lowest BCUT2D eigenvalue weighted by atomic mass is 9.98. The Morgan fingerprint density at radius 2 is 1.67 bits per heavy atom. The number of para-hydroxylation sites is 1. The summed E-state index contributed by atoms with van der Waals surface area (Å²) in [5.74, 6) is 1.44. The van der Waals surface area contributed by atoms with Crippen molar-refractivity contribution in [3.05, 3.63) is 93.5 Å². The van der Waals surface area contributed by atoms with Gasteiger partial charge in [-0.15, -0.1) is 0 Å². The van der Waals surface area contributed by atoms with Gasteiger partial charge in [-0.05, 0) is 73.7 Å². The normalized spacial score (nSPS) is 14.8. The van der Waals surface area contributed by atoms with Crippen LogP contribution in [0, 0.1) is 12.8 Å². The maximum absolute atomic E-state index is 13.2. The topological polar surface area (TPSA) is 38.8 Å². The van der Waals surface area contributed by atoms with Crippen molar-refractivity contribution in [3.63, 3.8) is 0 Å². The second-order valence-corrected chi connectivity index (χ2v) is 9.58. The summed E-state index contributed by atoms with van der Waals surface area (Å²) in [5, 5.41) is 0. The monoisotopic (exact) mass is 507 g/mol. The van der Waals surface area contributed by atoms with Gasteiger partial charge >= 0.3 is 5.97 Å². The van der Waals surface area contributed by atoms with Crippen LogP contribution in [0.15, 0.2) is 71.2 Å². The molecule has 0 unspecified atom stereocenters. The summed E-state index contributed by atoms with van der Waals surface area (Å²) >= 11 is 3.76. The average Bonchev–Trinajstić information content (AvgIpc) is 2.83. The predicted octanol–water partition coefficient (Wildman–Crippen LogP) is 6.79. The molecule has 3 aromatic rings. The van der Waals surface area contributed by atoms with Crippen LogP contribution in [0.2, 0.25) is 0 Å². The van der Waals surface area contributed by atoms with Crippen molar-refractivity contribution < 1.29 is 14.3 Å². The van der Waals surface area contributed by atoms with Gasteiger partial charge in [-0.2, -0.15) is 0 Å². The second-order valence-electron chi connectivity index (χ2n) is 8.78. The number of nitrogens with zero attached hydrogens (tertiary/aromatic N) is 1. The Morgan fingerprint density at radius 3 is 2.33 bits per heavy atom. The van der Waals surface area contributed by atoms with Gasteiger partial charge in [0.05, 0.1) is 0 Å². The van der Waals surface area contributed by atoms with E-state index in [9.17, 15) is 4.79 Å².